The predicted molar refractivity (Wildman–Crippen MR) is 93.9 cm³/mol. The summed E-state index contributed by atoms with van der Waals surface area (Å²) in [5, 5.41) is 3.07. The Hall–Kier alpha value is 0.380. The molecule has 0 bridgehead atoms. The van der Waals surface area contributed by atoms with Crippen molar-refractivity contribution in [1.29, 1.82) is 0 Å². The fourth-order valence-electron chi connectivity index (χ4n) is 2.41. The first kappa shape index (κ1) is 15.8. The number of nitrogens with one attached hydrogen (secondary N) is 1. The first-order valence-corrected chi connectivity index (χ1v) is 9.22. The summed E-state index contributed by atoms with van der Waals surface area (Å²) in [5.41, 5.74) is 0.751. The first-order valence-electron chi connectivity index (χ1n) is 6.43. The van der Waals surface area contributed by atoms with Crippen molar-refractivity contribution < 1.29 is 4.79 Å². The highest BCUT2D eigenvalue weighted by atomic mass is 127. The molecule has 104 valence electrons. The molecule has 2 nitrogen and oxygen atoms in total. The normalized spacial score (nSPS) is 23.1. The molecule has 5 heteroatoms. The Morgan fingerprint density at radius 1 is 1.42 bits per heavy atom. The van der Waals surface area contributed by atoms with Crippen molar-refractivity contribution in [2.45, 2.75) is 30.5 Å². The summed E-state index contributed by atoms with van der Waals surface area (Å²) in [5.74, 6) is 0.634. The van der Waals surface area contributed by atoms with Crippen LogP contribution in [0.1, 0.15) is 36.0 Å². The van der Waals surface area contributed by atoms with Gasteiger partial charge in [0, 0.05) is 19.4 Å². The summed E-state index contributed by atoms with van der Waals surface area (Å²) in [6.45, 7) is 0.781. The fraction of sp³-hybridized carbons (Fsp3) is 0.500. The summed E-state index contributed by atoms with van der Waals surface area (Å²) in [7, 11) is 0. The number of carbonyl (C=O) groups is 1. The van der Waals surface area contributed by atoms with E-state index >= 15 is 0 Å². The van der Waals surface area contributed by atoms with Gasteiger partial charge >= 0.3 is 0 Å². The fourth-order valence-corrected chi connectivity index (χ4v) is 4.21. The van der Waals surface area contributed by atoms with Crippen LogP contribution < -0.4 is 5.32 Å². The Bertz CT molecular complexity index is 467. The first-order chi connectivity index (χ1) is 9.06. The van der Waals surface area contributed by atoms with Gasteiger partial charge in [-0.15, -0.1) is 0 Å². The van der Waals surface area contributed by atoms with E-state index in [0.717, 1.165) is 26.6 Å². The lowest BCUT2D eigenvalue weighted by atomic mass is 9.89. The van der Waals surface area contributed by atoms with Crippen molar-refractivity contribution in [1.82, 2.24) is 5.32 Å². The van der Waals surface area contributed by atoms with Crippen molar-refractivity contribution in [3.05, 3.63) is 31.8 Å². The van der Waals surface area contributed by atoms with Crippen LogP contribution >= 0.6 is 54.5 Å². The zero-order chi connectivity index (χ0) is 13.8. The summed E-state index contributed by atoms with van der Waals surface area (Å²) < 4.78 is 1.93. The molecule has 1 amide bonds. The van der Waals surface area contributed by atoms with Crippen LogP contribution in [0.2, 0.25) is 0 Å². The Kier molecular flexibility index (Phi) is 6.14. The van der Waals surface area contributed by atoms with Crippen LogP contribution in [-0.2, 0) is 0 Å². The molecule has 0 saturated heterocycles. The molecule has 0 radical (unpaired) electrons. The van der Waals surface area contributed by atoms with Crippen LogP contribution in [0.15, 0.2) is 22.7 Å². The average molecular weight is 501 g/mol. The van der Waals surface area contributed by atoms with E-state index in [1.165, 1.54) is 19.3 Å². The van der Waals surface area contributed by atoms with Gasteiger partial charge in [0.15, 0.2) is 0 Å². The zero-order valence-electron chi connectivity index (χ0n) is 10.5. The topological polar surface area (TPSA) is 29.1 Å². The van der Waals surface area contributed by atoms with Gasteiger partial charge in [0.25, 0.3) is 5.91 Å². The van der Waals surface area contributed by atoms with Gasteiger partial charge in [0.1, 0.15) is 0 Å². The maximum atomic E-state index is 12.2. The third-order valence-corrected chi connectivity index (χ3v) is 5.71. The lowest BCUT2D eigenvalue weighted by Crippen LogP contribution is -2.32. The average Bonchev–Trinajstić information content (AvgIpc) is 2.39. The van der Waals surface area contributed by atoms with Gasteiger partial charge in [0.2, 0.25) is 0 Å². The molecule has 2 atom stereocenters. The Labute approximate surface area is 144 Å². The van der Waals surface area contributed by atoms with Crippen molar-refractivity contribution in [3.8, 4) is 0 Å². The van der Waals surface area contributed by atoms with E-state index in [9.17, 15) is 4.79 Å². The van der Waals surface area contributed by atoms with E-state index in [2.05, 4.69) is 59.8 Å². The Balaban J connectivity index is 1.92. The van der Waals surface area contributed by atoms with E-state index in [1.54, 1.807) is 0 Å². The van der Waals surface area contributed by atoms with Crippen LogP contribution in [0.25, 0.3) is 0 Å². The molecule has 0 aromatic heterocycles. The minimum Gasteiger partial charge on any atom is -0.352 e. The Morgan fingerprint density at radius 2 is 2.21 bits per heavy atom. The quantitative estimate of drug-likeness (QED) is 0.471. The number of benzene rings is 1. The summed E-state index contributed by atoms with van der Waals surface area (Å²) >= 11 is 9.29. The highest BCUT2D eigenvalue weighted by molar-refractivity contribution is 14.1. The molecule has 1 aromatic carbocycles. The molecule has 19 heavy (non-hydrogen) atoms. The molecular formula is C14H16Br2INO. The second-order valence-corrected chi connectivity index (χ2v) is 8.34. The number of hydrogen-bond donors (Lipinski definition) is 1. The van der Waals surface area contributed by atoms with Crippen LogP contribution in [0.4, 0.5) is 0 Å². The number of hydrogen-bond acceptors (Lipinski definition) is 1. The van der Waals surface area contributed by atoms with Crippen molar-refractivity contribution in [2.24, 2.45) is 5.92 Å². The molecule has 1 fully saturated rings. The van der Waals surface area contributed by atoms with Crippen LogP contribution in [0.3, 0.4) is 0 Å². The smallest absolute Gasteiger partial charge is 0.252 e. The van der Waals surface area contributed by atoms with Gasteiger partial charge in [-0.25, -0.2) is 0 Å². The third-order valence-electron chi connectivity index (χ3n) is 3.44. The molecule has 0 spiro atoms. The lowest BCUT2D eigenvalue weighted by Gasteiger charge is -2.25. The Morgan fingerprint density at radius 3 is 2.95 bits per heavy atom. The van der Waals surface area contributed by atoms with Crippen molar-refractivity contribution in [2.75, 3.05) is 6.54 Å². The molecule has 1 aromatic rings. The van der Waals surface area contributed by atoms with Gasteiger partial charge in [-0.05, 0) is 66.0 Å². The SMILES string of the molecule is O=C(NCC1CCCC(Br)C1)c1cc(Br)ccc1I. The molecule has 1 N–H and O–H groups in total. The highest BCUT2D eigenvalue weighted by Gasteiger charge is 2.21. The summed E-state index contributed by atoms with van der Waals surface area (Å²) in [4.78, 5) is 12.8. The minimum atomic E-state index is 0.0300. The van der Waals surface area contributed by atoms with E-state index in [-0.39, 0.29) is 5.91 Å². The number of carbonyl (C=O) groups excluding carboxylic acids is 1. The van der Waals surface area contributed by atoms with E-state index in [4.69, 9.17) is 0 Å². The monoisotopic (exact) mass is 499 g/mol. The second-order valence-electron chi connectivity index (χ2n) is 4.96. The molecular weight excluding hydrogens is 485 g/mol. The molecule has 2 unspecified atom stereocenters. The van der Waals surface area contributed by atoms with Gasteiger partial charge in [-0.2, -0.15) is 0 Å². The van der Waals surface area contributed by atoms with Crippen LogP contribution in [0.5, 0.6) is 0 Å². The van der Waals surface area contributed by atoms with E-state index in [1.807, 2.05) is 18.2 Å². The lowest BCUT2D eigenvalue weighted by molar-refractivity contribution is 0.0943. The van der Waals surface area contributed by atoms with E-state index < -0.39 is 0 Å². The number of rotatable bonds is 3. The maximum Gasteiger partial charge on any atom is 0.252 e. The van der Waals surface area contributed by atoms with Gasteiger partial charge in [0.05, 0.1) is 5.56 Å². The van der Waals surface area contributed by atoms with Gasteiger partial charge < -0.3 is 5.32 Å². The minimum absolute atomic E-state index is 0.0300. The highest BCUT2D eigenvalue weighted by Crippen LogP contribution is 2.28. The molecule has 1 aliphatic rings. The molecule has 2 rings (SSSR count). The van der Waals surface area contributed by atoms with Crippen LogP contribution in [-0.4, -0.2) is 17.3 Å². The van der Waals surface area contributed by atoms with Gasteiger partial charge in [-0.1, -0.05) is 38.3 Å². The standard InChI is InChI=1S/C14H16Br2INO/c15-10-3-1-2-9(6-10)8-18-14(19)12-7-11(16)4-5-13(12)17/h4-5,7,9-10H,1-3,6,8H2,(H,18,19). The largest absolute Gasteiger partial charge is 0.352 e. The maximum absolute atomic E-state index is 12.2. The molecule has 0 heterocycles. The van der Waals surface area contributed by atoms with Crippen LogP contribution in [0, 0.1) is 9.49 Å². The van der Waals surface area contributed by atoms with Crippen molar-refractivity contribution in [3.63, 3.8) is 0 Å². The number of alkyl halides is 1. The number of halogens is 3. The predicted octanol–water partition coefficient (Wildman–Crippen LogP) is 4.74. The molecule has 1 saturated carbocycles. The molecule has 0 aliphatic heterocycles. The second kappa shape index (κ2) is 7.41. The zero-order valence-corrected chi connectivity index (χ0v) is 15.8. The van der Waals surface area contributed by atoms with Crippen molar-refractivity contribution >= 4 is 60.4 Å². The van der Waals surface area contributed by atoms with E-state index in [0.29, 0.717) is 10.7 Å². The third kappa shape index (κ3) is 4.70. The summed E-state index contributed by atoms with van der Waals surface area (Å²) in [6, 6.07) is 5.79. The van der Waals surface area contributed by atoms with Gasteiger partial charge in [-0.3, -0.25) is 4.79 Å². The molecule has 1 aliphatic carbocycles. The summed E-state index contributed by atoms with van der Waals surface area (Å²) in [6.07, 6.45) is 4.90. The number of amides is 1.